The van der Waals surface area contributed by atoms with Gasteiger partial charge in [0, 0.05) is 12.6 Å². The average molecular weight is 279 g/mol. The molecule has 0 radical (unpaired) electrons. The normalized spacial score (nSPS) is 21.5. The summed E-state index contributed by atoms with van der Waals surface area (Å²) < 4.78 is 5.10. The number of anilines is 1. The van der Waals surface area contributed by atoms with Gasteiger partial charge in [0.1, 0.15) is 5.75 Å². The summed E-state index contributed by atoms with van der Waals surface area (Å²) in [6.07, 6.45) is 0.758. The van der Waals surface area contributed by atoms with E-state index < -0.39 is 10.3 Å². The van der Waals surface area contributed by atoms with Gasteiger partial charge in [0.05, 0.1) is 29.2 Å². The Morgan fingerprint density at radius 2 is 2.30 bits per heavy atom. The van der Waals surface area contributed by atoms with Crippen LogP contribution in [0.4, 0.5) is 11.4 Å². The maximum atomic E-state index is 12.3. The third-order valence-corrected chi connectivity index (χ3v) is 3.56. The van der Waals surface area contributed by atoms with Crippen molar-refractivity contribution >= 4 is 17.3 Å². The van der Waals surface area contributed by atoms with Gasteiger partial charge in [-0.25, -0.2) is 0 Å². The van der Waals surface area contributed by atoms with E-state index in [4.69, 9.17) is 4.74 Å². The van der Waals surface area contributed by atoms with Crippen molar-refractivity contribution in [2.45, 2.75) is 13.3 Å². The van der Waals surface area contributed by atoms with Crippen LogP contribution < -0.4 is 15.4 Å². The maximum absolute atomic E-state index is 12.3. The molecule has 7 heteroatoms. The van der Waals surface area contributed by atoms with Crippen molar-refractivity contribution in [3.05, 3.63) is 28.3 Å². The summed E-state index contributed by atoms with van der Waals surface area (Å²) in [6.45, 7) is 3.32. The van der Waals surface area contributed by atoms with Gasteiger partial charge in [-0.2, -0.15) is 0 Å². The molecule has 1 aliphatic rings. The van der Waals surface area contributed by atoms with Gasteiger partial charge in [-0.1, -0.05) is 0 Å². The van der Waals surface area contributed by atoms with Crippen LogP contribution in [-0.2, 0) is 4.79 Å². The lowest BCUT2D eigenvalue weighted by Crippen LogP contribution is -2.35. The van der Waals surface area contributed by atoms with E-state index in [1.165, 1.54) is 25.3 Å². The van der Waals surface area contributed by atoms with Gasteiger partial charge in [-0.3, -0.25) is 14.9 Å². The monoisotopic (exact) mass is 279 g/mol. The first kappa shape index (κ1) is 14.3. The third kappa shape index (κ3) is 2.72. The van der Waals surface area contributed by atoms with Crippen LogP contribution in [0.2, 0.25) is 0 Å². The number of carbonyl (C=O) groups excluding carboxylic acids is 1. The Bertz CT molecular complexity index is 538. The minimum absolute atomic E-state index is 0.0754. The van der Waals surface area contributed by atoms with Crippen LogP contribution in [0.15, 0.2) is 18.2 Å². The van der Waals surface area contributed by atoms with Crippen LogP contribution in [0.5, 0.6) is 5.75 Å². The molecular formula is C13H17N3O4. The van der Waals surface area contributed by atoms with E-state index in [-0.39, 0.29) is 17.3 Å². The quantitative estimate of drug-likeness (QED) is 0.644. The smallest absolute Gasteiger partial charge is 0.273 e. The summed E-state index contributed by atoms with van der Waals surface area (Å²) >= 11 is 0. The number of hydrogen-bond acceptors (Lipinski definition) is 5. The van der Waals surface area contributed by atoms with E-state index in [1.807, 2.05) is 6.92 Å². The van der Waals surface area contributed by atoms with Crippen LogP contribution >= 0.6 is 0 Å². The van der Waals surface area contributed by atoms with E-state index in [0.29, 0.717) is 12.2 Å². The standard InChI is InChI=1S/C13H17N3O4/c1-13(5-6-14-8-13)12(17)15-10-4-3-9(16(18)19)7-11(10)20-2/h3-4,7,14H,5-6,8H2,1-2H3,(H,15,17). The number of carbonyl (C=O) groups is 1. The highest BCUT2D eigenvalue weighted by Crippen LogP contribution is 2.32. The number of nitrogens with one attached hydrogen (secondary N) is 2. The first-order valence-corrected chi connectivity index (χ1v) is 6.31. The van der Waals surface area contributed by atoms with Gasteiger partial charge in [0.25, 0.3) is 5.69 Å². The van der Waals surface area contributed by atoms with Gasteiger partial charge in [-0.05, 0) is 26.0 Å². The molecule has 0 bridgehead atoms. The minimum Gasteiger partial charge on any atom is -0.494 e. The molecule has 2 N–H and O–H groups in total. The highest BCUT2D eigenvalue weighted by Gasteiger charge is 2.36. The first-order valence-electron chi connectivity index (χ1n) is 6.31. The zero-order chi connectivity index (χ0) is 14.8. The molecule has 20 heavy (non-hydrogen) atoms. The molecule has 1 saturated heterocycles. The molecule has 0 saturated carbocycles. The molecule has 1 unspecified atom stereocenters. The van der Waals surface area contributed by atoms with Crippen molar-refractivity contribution in [2.75, 3.05) is 25.5 Å². The fourth-order valence-corrected chi connectivity index (χ4v) is 2.18. The van der Waals surface area contributed by atoms with Crippen molar-refractivity contribution in [2.24, 2.45) is 5.41 Å². The molecule has 0 spiro atoms. The number of methoxy groups -OCH3 is 1. The van der Waals surface area contributed by atoms with Crippen molar-refractivity contribution in [3.8, 4) is 5.75 Å². The fourth-order valence-electron chi connectivity index (χ4n) is 2.18. The van der Waals surface area contributed by atoms with Crippen molar-refractivity contribution < 1.29 is 14.5 Å². The van der Waals surface area contributed by atoms with Crippen LogP contribution in [0, 0.1) is 15.5 Å². The number of nitro groups is 1. The Morgan fingerprint density at radius 3 is 2.85 bits per heavy atom. The maximum Gasteiger partial charge on any atom is 0.273 e. The summed E-state index contributed by atoms with van der Waals surface area (Å²) in [6, 6.07) is 4.12. The Hall–Kier alpha value is -2.15. The molecule has 1 amide bonds. The zero-order valence-corrected chi connectivity index (χ0v) is 11.4. The van der Waals surface area contributed by atoms with Gasteiger partial charge in [-0.15, -0.1) is 0 Å². The Morgan fingerprint density at radius 1 is 1.55 bits per heavy atom. The minimum atomic E-state index is -0.504. The Labute approximate surface area is 116 Å². The molecule has 1 atom stereocenters. The second kappa shape index (κ2) is 5.46. The Balaban J connectivity index is 2.20. The second-order valence-corrected chi connectivity index (χ2v) is 5.08. The number of non-ortho nitro benzene ring substituents is 1. The summed E-state index contributed by atoms with van der Waals surface area (Å²) in [5, 5.41) is 16.7. The van der Waals surface area contributed by atoms with Crippen LogP contribution in [-0.4, -0.2) is 31.0 Å². The predicted octanol–water partition coefficient (Wildman–Crippen LogP) is 1.54. The van der Waals surface area contributed by atoms with Crippen LogP contribution in [0.1, 0.15) is 13.3 Å². The highest BCUT2D eigenvalue weighted by molar-refractivity contribution is 5.96. The summed E-state index contributed by atoms with van der Waals surface area (Å²) in [7, 11) is 1.41. The number of nitro benzene ring substituents is 1. The van der Waals surface area contributed by atoms with E-state index in [0.717, 1.165) is 13.0 Å². The lowest BCUT2D eigenvalue weighted by Gasteiger charge is -2.22. The summed E-state index contributed by atoms with van der Waals surface area (Å²) in [5.41, 5.74) is -0.0999. The summed E-state index contributed by atoms with van der Waals surface area (Å²) in [4.78, 5) is 22.5. The molecular weight excluding hydrogens is 262 g/mol. The van der Waals surface area contributed by atoms with Gasteiger partial charge in [0.2, 0.25) is 5.91 Å². The zero-order valence-electron chi connectivity index (χ0n) is 11.4. The van der Waals surface area contributed by atoms with Crippen molar-refractivity contribution in [1.29, 1.82) is 0 Å². The molecule has 2 rings (SSSR count). The molecule has 1 fully saturated rings. The van der Waals surface area contributed by atoms with Crippen LogP contribution in [0.25, 0.3) is 0 Å². The highest BCUT2D eigenvalue weighted by atomic mass is 16.6. The number of benzene rings is 1. The second-order valence-electron chi connectivity index (χ2n) is 5.08. The summed E-state index contributed by atoms with van der Waals surface area (Å²) in [5.74, 6) is 0.164. The lowest BCUT2D eigenvalue weighted by atomic mass is 9.88. The van der Waals surface area contributed by atoms with Gasteiger partial charge in [0.15, 0.2) is 0 Å². The average Bonchev–Trinajstić information content (AvgIpc) is 2.87. The van der Waals surface area contributed by atoms with Gasteiger partial charge >= 0.3 is 0 Å². The topological polar surface area (TPSA) is 93.5 Å². The van der Waals surface area contributed by atoms with Crippen LogP contribution in [0.3, 0.4) is 0 Å². The van der Waals surface area contributed by atoms with Crippen molar-refractivity contribution in [3.63, 3.8) is 0 Å². The molecule has 1 aromatic carbocycles. The molecule has 0 aromatic heterocycles. The number of hydrogen-bond donors (Lipinski definition) is 2. The number of ether oxygens (including phenoxy) is 1. The molecule has 7 nitrogen and oxygen atoms in total. The van der Waals surface area contributed by atoms with E-state index in [2.05, 4.69) is 10.6 Å². The van der Waals surface area contributed by atoms with Crippen molar-refractivity contribution in [1.82, 2.24) is 5.32 Å². The molecule has 1 aliphatic heterocycles. The Kier molecular flexibility index (Phi) is 3.89. The third-order valence-electron chi connectivity index (χ3n) is 3.56. The van der Waals surface area contributed by atoms with E-state index in [1.54, 1.807) is 0 Å². The lowest BCUT2D eigenvalue weighted by molar-refractivity contribution is -0.384. The molecule has 0 aliphatic carbocycles. The predicted molar refractivity (Wildman–Crippen MR) is 73.9 cm³/mol. The molecule has 1 heterocycles. The first-order chi connectivity index (χ1) is 9.46. The number of nitrogens with zero attached hydrogens (tertiary/aromatic N) is 1. The number of rotatable bonds is 4. The SMILES string of the molecule is COc1cc([N+](=O)[O-])ccc1NC(=O)C1(C)CCNC1. The molecule has 1 aromatic rings. The largest absolute Gasteiger partial charge is 0.494 e. The molecule has 108 valence electrons. The van der Waals surface area contributed by atoms with E-state index >= 15 is 0 Å². The number of amides is 1. The fraction of sp³-hybridized carbons (Fsp3) is 0.462. The van der Waals surface area contributed by atoms with E-state index in [9.17, 15) is 14.9 Å². The van der Waals surface area contributed by atoms with Gasteiger partial charge < -0.3 is 15.4 Å².